The molecular formula is C12H21N3O2. The minimum absolute atomic E-state index is 0.125. The molecule has 17 heavy (non-hydrogen) atoms. The monoisotopic (exact) mass is 239 g/mol. The van der Waals surface area contributed by atoms with E-state index in [-0.39, 0.29) is 6.61 Å². The van der Waals surface area contributed by atoms with E-state index in [0.717, 1.165) is 39.0 Å². The van der Waals surface area contributed by atoms with Crippen LogP contribution in [-0.4, -0.2) is 58.7 Å². The molecule has 5 nitrogen and oxygen atoms in total. The van der Waals surface area contributed by atoms with Crippen LogP contribution < -0.4 is 0 Å². The number of ether oxygens (including phenoxy) is 1. The fraction of sp³-hybridized carbons (Fsp3) is 0.750. The van der Waals surface area contributed by atoms with Crippen LogP contribution in [0.5, 0.6) is 0 Å². The second kappa shape index (κ2) is 6.74. The summed E-state index contributed by atoms with van der Waals surface area (Å²) in [5.41, 5.74) is 0. The van der Waals surface area contributed by atoms with Gasteiger partial charge in [-0.3, -0.25) is 4.68 Å². The van der Waals surface area contributed by atoms with Crippen LogP contribution in [0.4, 0.5) is 0 Å². The number of aliphatic hydroxyl groups excluding tert-OH is 1. The lowest BCUT2D eigenvalue weighted by molar-refractivity contribution is -0.00822. The molecule has 2 rings (SSSR count). The predicted molar refractivity (Wildman–Crippen MR) is 64.7 cm³/mol. The third-order valence-corrected chi connectivity index (χ3v) is 3.18. The first-order valence-electron chi connectivity index (χ1n) is 6.31. The molecule has 96 valence electrons. The number of aromatic nitrogens is 2. The summed E-state index contributed by atoms with van der Waals surface area (Å²) < 4.78 is 7.50. The van der Waals surface area contributed by atoms with Gasteiger partial charge in [-0.15, -0.1) is 0 Å². The van der Waals surface area contributed by atoms with Crippen molar-refractivity contribution in [3.05, 3.63) is 18.5 Å². The Hall–Kier alpha value is -0.910. The highest BCUT2D eigenvalue weighted by Crippen LogP contribution is 2.13. The van der Waals surface area contributed by atoms with Crippen LogP contribution in [0.1, 0.15) is 12.8 Å². The van der Waals surface area contributed by atoms with Crippen molar-refractivity contribution in [2.45, 2.75) is 25.5 Å². The average molecular weight is 239 g/mol. The molecule has 5 heteroatoms. The molecule has 1 aliphatic heterocycles. The van der Waals surface area contributed by atoms with E-state index in [9.17, 15) is 0 Å². The van der Waals surface area contributed by atoms with Gasteiger partial charge in [0.1, 0.15) is 0 Å². The van der Waals surface area contributed by atoms with Crippen molar-refractivity contribution in [3.8, 4) is 0 Å². The van der Waals surface area contributed by atoms with E-state index in [0.29, 0.717) is 12.7 Å². The maximum Gasteiger partial charge on any atom is 0.0701 e. The van der Waals surface area contributed by atoms with E-state index in [1.54, 1.807) is 0 Å². The number of nitrogens with zero attached hydrogens (tertiary/aromatic N) is 3. The second-order valence-electron chi connectivity index (χ2n) is 4.40. The summed E-state index contributed by atoms with van der Waals surface area (Å²) >= 11 is 0. The van der Waals surface area contributed by atoms with Gasteiger partial charge in [0.2, 0.25) is 0 Å². The molecule has 0 amide bonds. The normalized spacial score (nSPS) is 18.6. The van der Waals surface area contributed by atoms with Crippen molar-refractivity contribution >= 4 is 0 Å². The van der Waals surface area contributed by atoms with Crippen LogP contribution in [0.15, 0.2) is 18.5 Å². The molecule has 0 radical (unpaired) electrons. The maximum absolute atomic E-state index is 8.69. The Labute approximate surface area is 102 Å². The first kappa shape index (κ1) is 12.5. The summed E-state index contributed by atoms with van der Waals surface area (Å²) in [5, 5.41) is 12.9. The van der Waals surface area contributed by atoms with Crippen molar-refractivity contribution in [1.29, 1.82) is 0 Å². The van der Waals surface area contributed by atoms with Crippen molar-refractivity contribution < 1.29 is 9.84 Å². The quantitative estimate of drug-likeness (QED) is 0.778. The minimum Gasteiger partial charge on any atom is -0.394 e. The van der Waals surface area contributed by atoms with Gasteiger partial charge in [0.15, 0.2) is 0 Å². The highest BCUT2D eigenvalue weighted by Gasteiger charge is 2.18. The Kier molecular flexibility index (Phi) is 4.97. The largest absolute Gasteiger partial charge is 0.394 e. The summed E-state index contributed by atoms with van der Waals surface area (Å²) in [6.07, 6.45) is 6.28. The Morgan fingerprint density at radius 2 is 2.12 bits per heavy atom. The number of hydrogen-bond donors (Lipinski definition) is 1. The molecule has 1 saturated heterocycles. The number of rotatable bonds is 6. The standard InChI is InChI=1S/C12H21N3O2/c16-10-11-17-12-2-6-14(7-3-12)8-9-15-5-1-4-13-15/h1,4-5,12,16H,2-3,6-11H2. The van der Waals surface area contributed by atoms with Crippen LogP contribution in [0.2, 0.25) is 0 Å². The predicted octanol–water partition coefficient (Wildman–Crippen LogP) is 0.356. The topological polar surface area (TPSA) is 50.5 Å². The molecule has 1 aromatic rings. The summed E-state index contributed by atoms with van der Waals surface area (Å²) in [4.78, 5) is 2.44. The van der Waals surface area contributed by atoms with Gasteiger partial charge >= 0.3 is 0 Å². The third kappa shape index (κ3) is 4.11. The second-order valence-corrected chi connectivity index (χ2v) is 4.40. The van der Waals surface area contributed by atoms with E-state index in [1.807, 2.05) is 23.1 Å². The van der Waals surface area contributed by atoms with Crippen LogP contribution in [-0.2, 0) is 11.3 Å². The molecule has 0 saturated carbocycles. The fourth-order valence-corrected chi connectivity index (χ4v) is 2.20. The van der Waals surface area contributed by atoms with E-state index in [1.165, 1.54) is 0 Å². The van der Waals surface area contributed by atoms with E-state index in [2.05, 4.69) is 10.00 Å². The number of likely N-dealkylation sites (tertiary alicyclic amines) is 1. The summed E-state index contributed by atoms with van der Waals surface area (Å²) in [6.45, 7) is 4.76. The lowest BCUT2D eigenvalue weighted by Crippen LogP contribution is -2.39. The molecule has 0 bridgehead atoms. The highest BCUT2D eigenvalue weighted by atomic mass is 16.5. The molecular weight excluding hydrogens is 218 g/mol. The van der Waals surface area contributed by atoms with Gasteiger partial charge in [-0.2, -0.15) is 5.10 Å². The van der Waals surface area contributed by atoms with Crippen LogP contribution >= 0.6 is 0 Å². The van der Waals surface area contributed by atoms with Gasteiger partial charge in [-0.25, -0.2) is 0 Å². The molecule has 1 aromatic heterocycles. The smallest absolute Gasteiger partial charge is 0.0701 e. The van der Waals surface area contributed by atoms with Gasteiger partial charge < -0.3 is 14.7 Å². The van der Waals surface area contributed by atoms with Gasteiger partial charge in [-0.05, 0) is 18.9 Å². The molecule has 0 spiro atoms. The summed E-state index contributed by atoms with van der Waals surface area (Å²) in [5.74, 6) is 0. The van der Waals surface area contributed by atoms with Crippen molar-refractivity contribution in [2.75, 3.05) is 32.8 Å². The first-order chi connectivity index (χ1) is 8.38. The average Bonchev–Trinajstić information content (AvgIpc) is 2.88. The summed E-state index contributed by atoms with van der Waals surface area (Å²) in [7, 11) is 0. The Morgan fingerprint density at radius 1 is 1.29 bits per heavy atom. The number of piperidine rings is 1. The van der Waals surface area contributed by atoms with Gasteiger partial charge in [0.05, 0.1) is 25.9 Å². The maximum atomic E-state index is 8.69. The van der Waals surface area contributed by atoms with Gasteiger partial charge in [0, 0.05) is 32.0 Å². The molecule has 0 aliphatic carbocycles. The molecule has 1 aliphatic rings. The lowest BCUT2D eigenvalue weighted by Gasteiger charge is -2.31. The molecule has 0 unspecified atom stereocenters. The molecule has 0 aromatic carbocycles. The van der Waals surface area contributed by atoms with Crippen LogP contribution in [0, 0.1) is 0 Å². The summed E-state index contributed by atoms with van der Waals surface area (Å²) in [6, 6.07) is 1.95. The molecule has 1 N–H and O–H groups in total. The Bertz CT molecular complexity index is 295. The SMILES string of the molecule is OCCOC1CCN(CCn2cccn2)CC1. The number of hydrogen-bond acceptors (Lipinski definition) is 4. The first-order valence-corrected chi connectivity index (χ1v) is 6.31. The van der Waals surface area contributed by atoms with Gasteiger partial charge in [0.25, 0.3) is 0 Å². The zero-order chi connectivity index (χ0) is 11.9. The van der Waals surface area contributed by atoms with E-state index in [4.69, 9.17) is 9.84 Å². The highest BCUT2D eigenvalue weighted by molar-refractivity contribution is 4.78. The molecule has 1 fully saturated rings. The molecule has 0 atom stereocenters. The van der Waals surface area contributed by atoms with Crippen LogP contribution in [0.25, 0.3) is 0 Å². The van der Waals surface area contributed by atoms with E-state index >= 15 is 0 Å². The molecule has 2 heterocycles. The fourth-order valence-electron chi connectivity index (χ4n) is 2.20. The minimum atomic E-state index is 0.125. The zero-order valence-electron chi connectivity index (χ0n) is 10.2. The Morgan fingerprint density at radius 3 is 2.76 bits per heavy atom. The zero-order valence-corrected chi connectivity index (χ0v) is 10.2. The lowest BCUT2D eigenvalue weighted by atomic mass is 10.1. The third-order valence-electron chi connectivity index (χ3n) is 3.18. The van der Waals surface area contributed by atoms with Crippen molar-refractivity contribution in [3.63, 3.8) is 0 Å². The Balaban J connectivity index is 1.62. The van der Waals surface area contributed by atoms with E-state index < -0.39 is 0 Å². The van der Waals surface area contributed by atoms with Crippen molar-refractivity contribution in [2.24, 2.45) is 0 Å². The van der Waals surface area contributed by atoms with Gasteiger partial charge in [-0.1, -0.05) is 0 Å². The number of aliphatic hydroxyl groups is 1. The van der Waals surface area contributed by atoms with Crippen LogP contribution in [0.3, 0.4) is 0 Å². The van der Waals surface area contributed by atoms with Crippen molar-refractivity contribution in [1.82, 2.24) is 14.7 Å².